The lowest BCUT2D eigenvalue weighted by Gasteiger charge is -2.42. The Hall–Kier alpha value is -3.64. The number of halogens is 1. The number of fused-ring (bicyclic) bond motifs is 2. The average molecular weight is 606 g/mol. The second-order valence-corrected chi connectivity index (χ2v) is 14.2. The molecule has 6 rings (SSSR count). The van der Waals surface area contributed by atoms with Crippen LogP contribution in [0.15, 0.2) is 24.4 Å². The van der Waals surface area contributed by atoms with Crippen molar-refractivity contribution >= 4 is 41.1 Å². The quantitative estimate of drug-likeness (QED) is 0.398. The molecule has 44 heavy (non-hydrogen) atoms. The van der Waals surface area contributed by atoms with E-state index in [0.717, 1.165) is 16.8 Å². The molecule has 1 fully saturated rings. The number of carbonyl (C=O) groups excluding carboxylic acids is 1. The maximum atomic E-state index is 16.6. The molecule has 0 saturated carbocycles. The van der Waals surface area contributed by atoms with Crippen LogP contribution >= 0.6 is 0 Å². The van der Waals surface area contributed by atoms with Gasteiger partial charge in [0.1, 0.15) is 5.82 Å². The van der Waals surface area contributed by atoms with Crippen molar-refractivity contribution in [3.8, 4) is 0 Å². The van der Waals surface area contributed by atoms with E-state index in [2.05, 4.69) is 10.1 Å². The molecule has 0 aliphatic carbocycles. The number of nitrogens with zero attached hydrogens (tertiary/aromatic N) is 4. The van der Waals surface area contributed by atoms with Gasteiger partial charge in [-0.25, -0.2) is 9.18 Å². The third-order valence-electron chi connectivity index (χ3n) is 9.66. The van der Waals surface area contributed by atoms with Gasteiger partial charge in [-0.2, -0.15) is 5.10 Å². The van der Waals surface area contributed by atoms with Crippen LogP contribution in [0.3, 0.4) is 0 Å². The smallest absolute Gasteiger partial charge is 0.465 e. The molecule has 5 heterocycles. The van der Waals surface area contributed by atoms with Gasteiger partial charge in [0.15, 0.2) is 0 Å². The van der Waals surface area contributed by atoms with Gasteiger partial charge in [-0.1, -0.05) is 26.8 Å². The standard InChI is InChI=1S/C32H41BFN5O5/c1-9-39-24-17-37(16-18(24)15-35-39)28(40)21-13-22(33-43-31(5,6)32(7,8)44-33)26-20(25(21)34)14-23(36-26)19-11-10-12-38(29(41)42)27(19)30(2,3)4/h11,13-15,27,36H,9-10,12,16-17H2,1-8H3,(H,41,42). The molecule has 0 bridgehead atoms. The highest BCUT2D eigenvalue weighted by Crippen LogP contribution is 2.41. The van der Waals surface area contributed by atoms with Crippen LogP contribution in [0, 0.1) is 11.2 Å². The molecule has 10 nitrogen and oxygen atoms in total. The maximum absolute atomic E-state index is 16.6. The fourth-order valence-corrected chi connectivity index (χ4v) is 6.72. The summed E-state index contributed by atoms with van der Waals surface area (Å²) in [7, 11) is -0.861. The van der Waals surface area contributed by atoms with Gasteiger partial charge in [0.05, 0.1) is 41.2 Å². The van der Waals surface area contributed by atoms with Crippen LogP contribution in [0.2, 0.25) is 0 Å². The Morgan fingerprint density at radius 1 is 1.16 bits per heavy atom. The van der Waals surface area contributed by atoms with Crippen molar-refractivity contribution in [3.63, 3.8) is 0 Å². The van der Waals surface area contributed by atoms with Crippen molar-refractivity contribution in [1.82, 2.24) is 24.6 Å². The van der Waals surface area contributed by atoms with E-state index in [0.29, 0.717) is 49.3 Å². The van der Waals surface area contributed by atoms with Crippen LogP contribution in [0.1, 0.15) is 89.1 Å². The molecule has 3 aromatic rings. The van der Waals surface area contributed by atoms with Crippen molar-refractivity contribution in [2.24, 2.45) is 5.41 Å². The molecule has 1 unspecified atom stereocenters. The van der Waals surface area contributed by atoms with Gasteiger partial charge in [0.25, 0.3) is 5.91 Å². The lowest BCUT2D eigenvalue weighted by atomic mass is 9.76. The van der Waals surface area contributed by atoms with Crippen molar-refractivity contribution in [1.29, 1.82) is 0 Å². The lowest BCUT2D eigenvalue weighted by molar-refractivity contribution is 0.00578. The molecule has 1 atom stereocenters. The number of benzene rings is 1. The molecule has 3 aliphatic heterocycles. The topological polar surface area (TPSA) is 113 Å². The largest absolute Gasteiger partial charge is 0.497 e. The summed E-state index contributed by atoms with van der Waals surface area (Å²) in [6.07, 6.45) is 3.33. The van der Waals surface area contributed by atoms with E-state index in [1.807, 2.05) is 66.1 Å². The molecule has 1 saturated heterocycles. The molecule has 1 aromatic carbocycles. The molecular formula is C32H41BFN5O5. The Bertz CT molecular complexity index is 1680. The summed E-state index contributed by atoms with van der Waals surface area (Å²) in [4.78, 5) is 32.7. The fraction of sp³-hybridized carbons (Fsp3) is 0.531. The SMILES string of the molecule is CCn1ncc2c1CN(C(=O)c1cc(B3OC(C)(C)C(C)(C)O3)c3[nH]c(C4=CCCN(C(=O)O)C4C(C)(C)C)cc3c1F)C2. The van der Waals surface area contributed by atoms with E-state index in [1.54, 1.807) is 23.2 Å². The van der Waals surface area contributed by atoms with Gasteiger partial charge in [-0.15, -0.1) is 0 Å². The number of rotatable bonds is 4. The highest BCUT2D eigenvalue weighted by molar-refractivity contribution is 6.65. The van der Waals surface area contributed by atoms with Crippen LogP contribution in [-0.2, 0) is 28.9 Å². The van der Waals surface area contributed by atoms with Crippen LogP contribution in [0.4, 0.5) is 9.18 Å². The van der Waals surface area contributed by atoms with Crippen molar-refractivity contribution < 1.29 is 28.4 Å². The molecule has 0 spiro atoms. The number of aromatic amines is 1. The van der Waals surface area contributed by atoms with Crippen LogP contribution < -0.4 is 5.46 Å². The predicted octanol–water partition coefficient (Wildman–Crippen LogP) is 5.16. The Labute approximate surface area is 257 Å². The number of aromatic nitrogens is 3. The summed E-state index contributed by atoms with van der Waals surface area (Å²) in [6, 6.07) is 2.78. The summed E-state index contributed by atoms with van der Waals surface area (Å²) in [6.45, 7) is 17.5. The average Bonchev–Trinajstić information content (AvgIpc) is 3.69. The van der Waals surface area contributed by atoms with Crippen LogP contribution in [0.25, 0.3) is 16.5 Å². The van der Waals surface area contributed by atoms with Gasteiger partial charge in [0, 0.05) is 47.3 Å². The molecular weight excluding hydrogens is 564 g/mol. The fourth-order valence-electron chi connectivity index (χ4n) is 6.72. The Morgan fingerprint density at radius 3 is 2.45 bits per heavy atom. The van der Waals surface area contributed by atoms with Gasteiger partial charge in [-0.3, -0.25) is 9.48 Å². The second-order valence-electron chi connectivity index (χ2n) is 14.2. The van der Waals surface area contributed by atoms with Crippen LogP contribution in [-0.4, -0.2) is 72.6 Å². The molecule has 2 aromatic heterocycles. The number of amides is 2. The zero-order valence-electron chi connectivity index (χ0n) is 26.7. The number of carbonyl (C=O) groups is 2. The van der Waals surface area contributed by atoms with Gasteiger partial charge in [-0.05, 0) is 64.2 Å². The van der Waals surface area contributed by atoms with E-state index in [-0.39, 0.29) is 10.9 Å². The zero-order chi connectivity index (χ0) is 31.9. The minimum absolute atomic E-state index is 0.0638. The summed E-state index contributed by atoms with van der Waals surface area (Å²) < 4.78 is 31.2. The van der Waals surface area contributed by atoms with Crippen molar-refractivity contribution in [2.75, 3.05) is 6.54 Å². The molecule has 12 heteroatoms. The summed E-state index contributed by atoms with van der Waals surface area (Å²) in [5.41, 5.74) is 2.44. The first-order valence-electron chi connectivity index (χ1n) is 15.3. The highest BCUT2D eigenvalue weighted by Gasteiger charge is 2.53. The van der Waals surface area contributed by atoms with Gasteiger partial charge in [0.2, 0.25) is 0 Å². The van der Waals surface area contributed by atoms with Gasteiger partial charge >= 0.3 is 13.2 Å². The normalized spacial score (nSPS) is 21.2. The first kappa shape index (κ1) is 30.4. The minimum atomic E-state index is -0.999. The van der Waals surface area contributed by atoms with Crippen LogP contribution in [0.5, 0.6) is 0 Å². The predicted molar refractivity (Wildman–Crippen MR) is 166 cm³/mol. The molecule has 2 N–H and O–H groups in total. The summed E-state index contributed by atoms with van der Waals surface area (Å²) in [5.74, 6) is -1.06. The van der Waals surface area contributed by atoms with E-state index in [9.17, 15) is 14.7 Å². The number of nitrogens with one attached hydrogen (secondary N) is 1. The third-order valence-corrected chi connectivity index (χ3v) is 9.66. The highest BCUT2D eigenvalue weighted by atomic mass is 19.1. The Kier molecular flexibility index (Phi) is 7.05. The van der Waals surface area contributed by atoms with E-state index < -0.39 is 47.6 Å². The number of hydrogen-bond donors (Lipinski definition) is 2. The Morgan fingerprint density at radius 2 is 1.84 bits per heavy atom. The number of H-pyrrole nitrogens is 1. The second kappa shape index (κ2) is 10.2. The first-order chi connectivity index (χ1) is 20.5. The monoisotopic (exact) mass is 605 g/mol. The number of hydrogen-bond acceptors (Lipinski definition) is 5. The molecule has 234 valence electrons. The van der Waals surface area contributed by atoms with E-state index >= 15 is 4.39 Å². The van der Waals surface area contributed by atoms with E-state index in [4.69, 9.17) is 9.31 Å². The van der Waals surface area contributed by atoms with E-state index in [1.165, 1.54) is 4.90 Å². The number of aryl methyl sites for hydroxylation is 1. The van der Waals surface area contributed by atoms with Crippen molar-refractivity contribution in [3.05, 3.63) is 52.7 Å². The maximum Gasteiger partial charge on any atom is 0.497 e. The minimum Gasteiger partial charge on any atom is -0.465 e. The number of carboxylic acid groups (broad SMARTS) is 1. The van der Waals surface area contributed by atoms with Gasteiger partial charge < -0.3 is 29.2 Å². The lowest BCUT2D eigenvalue weighted by Crippen LogP contribution is -2.49. The van der Waals surface area contributed by atoms with Crippen molar-refractivity contribution in [2.45, 2.75) is 98.7 Å². The summed E-state index contributed by atoms with van der Waals surface area (Å²) >= 11 is 0. The summed E-state index contributed by atoms with van der Waals surface area (Å²) in [5, 5.41) is 14.7. The molecule has 0 radical (unpaired) electrons. The zero-order valence-corrected chi connectivity index (χ0v) is 26.7. The Balaban J connectivity index is 1.49. The molecule has 2 amide bonds. The first-order valence-corrected chi connectivity index (χ1v) is 15.3. The third kappa shape index (κ3) is 4.73. The molecule has 3 aliphatic rings.